The molecule has 0 atom stereocenters. The van der Waals surface area contributed by atoms with Crippen LogP contribution < -0.4 is 10.2 Å². The summed E-state index contributed by atoms with van der Waals surface area (Å²) in [6, 6.07) is 13.1. The number of benzene rings is 2. The van der Waals surface area contributed by atoms with Gasteiger partial charge in [0.2, 0.25) is 0 Å². The van der Waals surface area contributed by atoms with Crippen LogP contribution in [0, 0.1) is 0 Å². The minimum absolute atomic E-state index is 0.131. The van der Waals surface area contributed by atoms with Crippen molar-refractivity contribution in [2.75, 3.05) is 36.4 Å². The molecule has 5 nitrogen and oxygen atoms in total. The van der Waals surface area contributed by atoms with E-state index in [1.807, 2.05) is 36.4 Å². The van der Waals surface area contributed by atoms with Crippen LogP contribution in [0.15, 0.2) is 42.5 Å². The lowest BCUT2D eigenvalue weighted by atomic mass is 10.2. The average Bonchev–Trinajstić information content (AvgIpc) is 3.03. The third-order valence-corrected chi connectivity index (χ3v) is 5.81. The van der Waals surface area contributed by atoms with Gasteiger partial charge in [0.15, 0.2) is 5.13 Å². The highest BCUT2D eigenvalue weighted by Gasteiger charge is 2.23. The molecule has 0 aliphatic carbocycles. The largest absolute Gasteiger partial charge is 0.367 e. The molecular formula is C18H16Cl2N4OS. The van der Waals surface area contributed by atoms with Gasteiger partial charge in [-0.1, -0.05) is 46.7 Å². The summed E-state index contributed by atoms with van der Waals surface area (Å²) in [4.78, 5) is 21.0. The first kappa shape index (κ1) is 17.4. The molecule has 1 aliphatic heterocycles. The molecular weight excluding hydrogens is 391 g/mol. The molecule has 3 aromatic rings. The van der Waals surface area contributed by atoms with Gasteiger partial charge in [0.1, 0.15) is 0 Å². The number of urea groups is 1. The zero-order valence-corrected chi connectivity index (χ0v) is 16.1. The summed E-state index contributed by atoms with van der Waals surface area (Å²) in [5.41, 5.74) is 1.84. The van der Waals surface area contributed by atoms with Gasteiger partial charge in [0.05, 0.1) is 20.9 Å². The third-order valence-electron chi connectivity index (χ3n) is 4.32. The van der Waals surface area contributed by atoms with Crippen LogP contribution in [0.3, 0.4) is 0 Å². The normalized spacial score (nSPS) is 14.7. The molecule has 1 N–H and O–H groups in total. The maximum absolute atomic E-state index is 12.5. The van der Waals surface area contributed by atoms with Crippen molar-refractivity contribution in [1.82, 2.24) is 9.88 Å². The number of piperazine rings is 1. The minimum atomic E-state index is -0.131. The smallest absolute Gasteiger partial charge is 0.323 e. The Morgan fingerprint density at radius 2 is 1.85 bits per heavy atom. The predicted octanol–water partition coefficient (Wildman–Crippen LogP) is 4.96. The highest BCUT2D eigenvalue weighted by Crippen LogP contribution is 2.29. The summed E-state index contributed by atoms with van der Waals surface area (Å²) in [7, 11) is 0. The molecule has 0 radical (unpaired) electrons. The monoisotopic (exact) mass is 406 g/mol. The molecule has 1 aliphatic rings. The summed E-state index contributed by atoms with van der Waals surface area (Å²) in [6.45, 7) is 2.75. The molecule has 1 aromatic heterocycles. The number of rotatable bonds is 2. The van der Waals surface area contributed by atoms with E-state index in [1.165, 1.54) is 11.3 Å². The number of nitrogens with zero attached hydrogens (tertiary/aromatic N) is 3. The number of halogens is 2. The van der Waals surface area contributed by atoms with Gasteiger partial charge in [-0.3, -0.25) is 5.32 Å². The Morgan fingerprint density at radius 1 is 1.08 bits per heavy atom. The van der Waals surface area contributed by atoms with E-state index in [0.717, 1.165) is 34.0 Å². The fraction of sp³-hybridized carbons (Fsp3) is 0.222. The Kier molecular flexibility index (Phi) is 4.89. The zero-order chi connectivity index (χ0) is 18.1. The van der Waals surface area contributed by atoms with Crippen molar-refractivity contribution in [3.63, 3.8) is 0 Å². The van der Waals surface area contributed by atoms with Crippen LogP contribution in [0.25, 0.3) is 10.2 Å². The van der Waals surface area contributed by atoms with E-state index in [-0.39, 0.29) is 6.03 Å². The zero-order valence-electron chi connectivity index (χ0n) is 13.8. The van der Waals surface area contributed by atoms with E-state index in [9.17, 15) is 4.79 Å². The van der Waals surface area contributed by atoms with Gasteiger partial charge >= 0.3 is 6.03 Å². The van der Waals surface area contributed by atoms with Gasteiger partial charge < -0.3 is 9.80 Å². The summed E-state index contributed by atoms with van der Waals surface area (Å²) < 4.78 is 0.955. The van der Waals surface area contributed by atoms with E-state index >= 15 is 0 Å². The van der Waals surface area contributed by atoms with Crippen LogP contribution in [-0.2, 0) is 0 Å². The number of carbonyl (C=O) groups excluding carboxylic acids is 1. The summed E-state index contributed by atoms with van der Waals surface area (Å²) in [6.07, 6.45) is 0. The Balaban J connectivity index is 1.39. The number of amides is 2. The number of fused-ring (bicyclic) bond motifs is 1. The van der Waals surface area contributed by atoms with Gasteiger partial charge in [-0.15, -0.1) is 0 Å². The first-order valence-electron chi connectivity index (χ1n) is 8.22. The van der Waals surface area contributed by atoms with Crippen LogP contribution >= 0.6 is 34.5 Å². The Morgan fingerprint density at radius 3 is 2.62 bits per heavy atom. The van der Waals surface area contributed by atoms with Crippen molar-refractivity contribution >= 4 is 61.6 Å². The quantitative estimate of drug-likeness (QED) is 0.654. The molecule has 1 fully saturated rings. The highest BCUT2D eigenvalue weighted by atomic mass is 35.5. The number of carbonyl (C=O) groups is 1. The van der Waals surface area contributed by atoms with Crippen molar-refractivity contribution < 1.29 is 4.79 Å². The van der Waals surface area contributed by atoms with Gasteiger partial charge in [-0.05, 0) is 30.3 Å². The molecule has 0 unspecified atom stereocenters. The second kappa shape index (κ2) is 7.31. The number of anilines is 2. The summed E-state index contributed by atoms with van der Waals surface area (Å²) >= 11 is 13.7. The molecule has 0 spiro atoms. The SMILES string of the molecule is O=C(Nc1nc2ccc(Cl)cc2s1)N1CCN(c2ccccc2Cl)CC1. The molecule has 0 saturated carbocycles. The molecule has 4 rings (SSSR count). The summed E-state index contributed by atoms with van der Waals surface area (Å²) in [5.74, 6) is 0. The second-order valence-electron chi connectivity index (χ2n) is 5.99. The second-order valence-corrected chi connectivity index (χ2v) is 7.86. The third kappa shape index (κ3) is 3.58. The van der Waals surface area contributed by atoms with Gasteiger partial charge in [0, 0.05) is 31.2 Å². The standard InChI is InChI=1S/C18H16Cl2N4OS/c19-12-5-6-14-16(11-12)26-17(21-14)22-18(25)24-9-7-23(8-10-24)15-4-2-1-3-13(15)20/h1-6,11H,7-10H2,(H,21,22,25). The Bertz CT molecular complexity index is 953. The maximum Gasteiger partial charge on any atom is 0.323 e. The lowest BCUT2D eigenvalue weighted by Gasteiger charge is -2.36. The molecule has 1 saturated heterocycles. The number of thiazole rings is 1. The van der Waals surface area contributed by atoms with Gasteiger partial charge in [0.25, 0.3) is 0 Å². The average molecular weight is 407 g/mol. The van der Waals surface area contributed by atoms with Crippen molar-refractivity contribution in [3.8, 4) is 0 Å². The predicted molar refractivity (Wildman–Crippen MR) is 109 cm³/mol. The molecule has 26 heavy (non-hydrogen) atoms. The molecule has 8 heteroatoms. The van der Waals surface area contributed by atoms with Crippen LogP contribution in [0.5, 0.6) is 0 Å². The number of aromatic nitrogens is 1. The fourth-order valence-corrected chi connectivity index (χ4v) is 4.37. The van der Waals surface area contributed by atoms with E-state index in [4.69, 9.17) is 23.2 Å². The number of hydrogen-bond donors (Lipinski definition) is 1. The minimum Gasteiger partial charge on any atom is -0.367 e. The van der Waals surface area contributed by atoms with E-state index in [2.05, 4.69) is 15.2 Å². The summed E-state index contributed by atoms with van der Waals surface area (Å²) in [5, 5.41) is 4.87. The Hall–Kier alpha value is -2.02. The lowest BCUT2D eigenvalue weighted by Crippen LogP contribution is -2.50. The lowest BCUT2D eigenvalue weighted by molar-refractivity contribution is 0.208. The van der Waals surface area contributed by atoms with Crippen molar-refractivity contribution in [1.29, 1.82) is 0 Å². The Labute approximate surface area is 165 Å². The van der Waals surface area contributed by atoms with Crippen molar-refractivity contribution in [2.24, 2.45) is 0 Å². The van der Waals surface area contributed by atoms with Gasteiger partial charge in [-0.2, -0.15) is 0 Å². The molecule has 134 valence electrons. The van der Waals surface area contributed by atoms with E-state index in [0.29, 0.717) is 23.2 Å². The van der Waals surface area contributed by atoms with Crippen LogP contribution in [0.2, 0.25) is 10.0 Å². The molecule has 0 bridgehead atoms. The van der Waals surface area contributed by atoms with Crippen LogP contribution in [-0.4, -0.2) is 42.1 Å². The number of hydrogen-bond acceptors (Lipinski definition) is 4. The van der Waals surface area contributed by atoms with Crippen LogP contribution in [0.1, 0.15) is 0 Å². The van der Waals surface area contributed by atoms with E-state index in [1.54, 1.807) is 11.0 Å². The highest BCUT2D eigenvalue weighted by molar-refractivity contribution is 7.22. The topological polar surface area (TPSA) is 48.5 Å². The maximum atomic E-state index is 12.5. The van der Waals surface area contributed by atoms with E-state index < -0.39 is 0 Å². The van der Waals surface area contributed by atoms with Crippen molar-refractivity contribution in [2.45, 2.75) is 0 Å². The first-order valence-corrected chi connectivity index (χ1v) is 9.79. The fourth-order valence-electron chi connectivity index (χ4n) is 2.98. The number of nitrogens with one attached hydrogen (secondary N) is 1. The van der Waals surface area contributed by atoms with Crippen molar-refractivity contribution in [3.05, 3.63) is 52.5 Å². The van der Waals surface area contributed by atoms with Gasteiger partial charge in [-0.25, -0.2) is 9.78 Å². The first-order chi connectivity index (χ1) is 12.6. The molecule has 2 aromatic carbocycles. The molecule has 2 amide bonds. The number of para-hydroxylation sites is 1. The molecule has 2 heterocycles. The van der Waals surface area contributed by atoms with Crippen LogP contribution in [0.4, 0.5) is 15.6 Å².